The topological polar surface area (TPSA) is 15.3 Å². The second kappa shape index (κ2) is 6.75. The van der Waals surface area contributed by atoms with E-state index in [9.17, 15) is 0 Å². The van der Waals surface area contributed by atoms with Gasteiger partial charge in [0.1, 0.15) is 0 Å². The monoisotopic (exact) mass is 238 g/mol. The maximum absolute atomic E-state index is 3.76. The predicted octanol–water partition coefficient (Wildman–Crippen LogP) is 3.03. The molecule has 1 N–H and O–H groups in total. The lowest BCUT2D eigenvalue weighted by atomic mass is 9.93. The molecule has 0 aromatic carbocycles. The number of hydrogen-bond acceptors (Lipinski definition) is 2. The van der Waals surface area contributed by atoms with Crippen molar-refractivity contribution >= 4 is 0 Å². The van der Waals surface area contributed by atoms with Gasteiger partial charge in [-0.1, -0.05) is 26.2 Å². The molecule has 0 bridgehead atoms. The first-order valence-electron chi connectivity index (χ1n) is 7.77. The van der Waals surface area contributed by atoms with Gasteiger partial charge in [0.2, 0.25) is 0 Å². The minimum Gasteiger partial charge on any atom is -0.312 e. The van der Waals surface area contributed by atoms with Crippen molar-refractivity contribution in [3.05, 3.63) is 0 Å². The minimum atomic E-state index is 0.730. The highest BCUT2D eigenvalue weighted by Crippen LogP contribution is 2.22. The summed E-state index contributed by atoms with van der Waals surface area (Å²) in [6.45, 7) is 8.58. The Morgan fingerprint density at radius 1 is 1.12 bits per heavy atom. The molecular weight excluding hydrogens is 208 g/mol. The largest absolute Gasteiger partial charge is 0.312 e. The fourth-order valence-electron chi connectivity index (χ4n) is 3.40. The minimum absolute atomic E-state index is 0.730. The molecule has 0 radical (unpaired) electrons. The number of nitrogens with one attached hydrogen (secondary N) is 1. The third-order valence-electron chi connectivity index (χ3n) is 4.91. The Morgan fingerprint density at radius 2 is 1.76 bits per heavy atom. The van der Waals surface area contributed by atoms with E-state index in [4.69, 9.17) is 0 Å². The molecule has 0 spiro atoms. The van der Waals surface area contributed by atoms with Crippen LogP contribution in [0.3, 0.4) is 0 Å². The fraction of sp³-hybridized carbons (Fsp3) is 1.00. The first-order chi connectivity index (χ1) is 8.29. The van der Waals surface area contributed by atoms with Crippen LogP contribution in [0, 0.1) is 5.92 Å². The zero-order valence-corrected chi connectivity index (χ0v) is 11.8. The van der Waals surface area contributed by atoms with Crippen LogP contribution in [0.5, 0.6) is 0 Å². The summed E-state index contributed by atoms with van der Waals surface area (Å²) in [5.74, 6) is 1.00. The van der Waals surface area contributed by atoms with E-state index in [0.29, 0.717) is 0 Å². The van der Waals surface area contributed by atoms with Gasteiger partial charge in [-0.15, -0.1) is 0 Å². The summed E-state index contributed by atoms with van der Waals surface area (Å²) in [5, 5.41) is 3.76. The molecule has 1 aliphatic carbocycles. The third-order valence-corrected chi connectivity index (χ3v) is 4.91. The van der Waals surface area contributed by atoms with Gasteiger partial charge in [-0.05, 0) is 51.6 Å². The molecular formula is C15H30N2. The van der Waals surface area contributed by atoms with E-state index in [-0.39, 0.29) is 0 Å². The van der Waals surface area contributed by atoms with E-state index in [1.165, 1.54) is 64.6 Å². The summed E-state index contributed by atoms with van der Waals surface area (Å²) in [6, 6.07) is 1.55. The van der Waals surface area contributed by atoms with E-state index in [1.807, 2.05) is 0 Å². The molecule has 2 fully saturated rings. The van der Waals surface area contributed by atoms with Crippen LogP contribution in [0.15, 0.2) is 0 Å². The maximum Gasteiger partial charge on any atom is 0.0192 e. The van der Waals surface area contributed by atoms with Crippen molar-refractivity contribution in [2.75, 3.05) is 19.6 Å². The van der Waals surface area contributed by atoms with Gasteiger partial charge in [0.25, 0.3) is 0 Å². The van der Waals surface area contributed by atoms with Crippen LogP contribution in [0.1, 0.15) is 58.8 Å². The zero-order chi connectivity index (χ0) is 12.1. The Labute approximate surface area is 107 Å². The smallest absolute Gasteiger partial charge is 0.0192 e. The van der Waals surface area contributed by atoms with Crippen molar-refractivity contribution in [3.8, 4) is 0 Å². The Morgan fingerprint density at radius 3 is 2.35 bits per heavy atom. The molecule has 1 heterocycles. The quantitative estimate of drug-likeness (QED) is 0.792. The molecule has 2 rings (SSSR count). The van der Waals surface area contributed by atoms with Gasteiger partial charge in [0, 0.05) is 18.6 Å². The molecule has 2 nitrogen and oxygen atoms in total. The van der Waals surface area contributed by atoms with E-state index in [0.717, 1.165) is 18.0 Å². The number of likely N-dealkylation sites (tertiary alicyclic amines) is 1. The van der Waals surface area contributed by atoms with Crippen molar-refractivity contribution in [2.45, 2.75) is 70.9 Å². The standard InChI is InChI=1S/C15H30N2/c1-3-14-8-10-17(11-9-14)13(2)12-16-15-6-4-5-7-15/h13-16H,3-12H2,1-2H3. The summed E-state index contributed by atoms with van der Waals surface area (Å²) in [7, 11) is 0. The molecule has 0 aromatic rings. The molecule has 1 atom stereocenters. The molecule has 100 valence electrons. The van der Waals surface area contributed by atoms with E-state index in [1.54, 1.807) is 0 Å². The van der Waals surface area contributed by atoms with Crippen LogP contribution in [-0.2, 0) is 0 Å². The van der Waals surface area contributed by atoms with E-state index in [2.05, 4.69) is 24.1 Å². The average Bonchev–Trinajstić information content (AvgIpc) is 2.89. The first-order valence-corrected chi connectivity index (χ1v) is 7.77. The van der Waals surface area contributed by atoms with E-state index >= 15 is 0 Å². The Bertz CT molecular complexity index is 203. The first kappa shape index (κ1) is 13.4. The van der Waals surface area contributed by atoms with Crippen molar-refractivity contribution < 1.29 is 0 Å². The predicted molar refractivity (Wildman–Crippen MR) is 74.3 cm³/mol. The van der Waals surface area contributed by atoms with Gasteiger partial charge in [-0.2, -0.15) is 0 Å². The lowest BCUT2D eigenvalue weighted by molar-refractivity contribution is 0.135. The number of piperidine rings is 1. The molecule has 0 amide bonds. The van der Waals surface area contributed by atoms with Gasteiger partial charge in [0.05, 0.1) is 0 Å². The summed E-state index contributed by atoms with van der Waals surface area (Å²) >= 11 is 0. The highest BCUT2D eigenvalue weighted by atomic mass is 15.2. The van der Waals surface area contributed by atoms with Gasteiger partial charge in [0.15, 0.2) is 0 Å². The molecule has 1 saturated carbocycles. The molecule has 2 aliphatic rings. The Hall–Kier alpha value is -0.0800. The van der Waals surface area contributed by atoms with Gasteiger partial charge in [-0.25, -0.2) is 0 Å². The van der Waals surface area contributed by atoms with Crippen LogP contribution in [-0.4, -0.2) is 36.6 Å². The summed E-state index contributed by atoms with van der Waals surface area (Å²) in [6.07, 6.45) is 9.91. The molecule has 1 unspecified atom stereocenters. The fourth-order valence-corrected chi connectivity index (χ4v) is 3.40. The van der Waals surface area contributed by atoms with Gasteiger partial charge in [-0.3, -0.25) is 4.90 Å². The second-order valence-electron chi connectivity index (χ2n) is 6.13. The maximum atomic E-state index is 3.76. The van der Waals surface area contributed by atoms with Gasteiger partial charge < -0.3 is 5.32 Å². The summed E-state index contributed by atoms with van der Waals surface area (Å²) in [4.78, 5) is 2.69. The SMILES string of the molecule is CCC1CCN(C(C)CNC2CCCC2)CC1. The number of nitrogens with zero attached hydrogens (tertiary/aromatic N) is 1. The zero-order valence-electron chi connectivity index (χ0n) is 11.8. The number of rotatable bonds is 5. The normalized spacial score (nSPS) is 26.5. The molecule has 17 heavy (non-hydrogen) atoms. The Balaban J connectivity index is 1.64. The third kappa shape index (κ3) is 3.96. The van der Waals surface area contributed by atoms with Gasteiger partial charge >= 0.3 is 0 Å². The lowest BCUT2D eigenvalue weighted by Gasteiger charge is -2.36. The van der Waals surface area contributed by atoms with E-state index < -0.39 is 0 Å². The highest BCUT2D eigenvalue weighted by molar-refractivity contribution is 4.80. The van der Waals surface area contributed by atoms with Crippen molar-refractivity contribution in [1.82, 2.24) is 10.2 Å². The molecule has 2 heteroatoms. The van der Waals surface area contributed by atoms with Crippen molar-refractivity contribution in [3.63, 3.8) is 0 Å². The van der Waals surface area contributed by atoms with Crippen LogP contribution in [0.4, 0.5) is 0 Å². The van der Waals surface area contributed by atoms with Crippen molar-refractivity contribution in [2.24, 2.45) is 5.92 Å². The lowest BCUT2D eigenvalue weighted by Crippen LogP contribution is -2.46. The number of hydrogen-bond donors (Lipinski definition) is 1. The van der Waals surface area contributed by atoms with Crippen molar-refractivity contribution in [1.29, 1.82) is 0 Å². The van der Waals surface area contributed by atoms with Crippen LogP contribution in [0.25, 0.3) is 0 Å². The second-order valence-corrected chi connectivity index (χ2v) is 6.13. The summed E-state index contributed by atoms with van der Waals surface area (Å²) < 4.78 is 0. The van der Waals surface area contributed by atoms with Crippen LogP contribution in [0.2, 0.25) is 0 Å². The molecule has 1 aliphatic heterocycles. The molecule has 0 aromatic heterocycles. The molecule has 1 saturated heterocycles. The van der Waals surface area contributed by atoms with Crippen LogP contribution >= 0.6 is 0 Å². The van der Waals surface area contributed by atoms with Crippen LogP contribution < -0.4 is 5.32 Å². The Kier molecular flexibility index (Phi) is 5.30. The summed E-state index contributed by atoms with van der Waals surface area (Å²) in [5.41, 5.74) is 0. The highest BCUT2D eigenvalue weighted by Gasteiger charge is 2.22. The average molecular weight is 238 g/mol.